The molecule has 10 heteroatoms. The number of hydrogen-bond donors (Lipinski definition) is 2. The number of amides is 2. The minimum absolute atomic E-state index is 0.0103. The number of ether oxygens (including phenoxy) is 1. The maximum absolute atomic E-state index is 14.2. The third kappa shape index (κ3) is 9.20. The minimum Gasteiger partial charge on any atom is -0.460 e. The van der Waals surface area contributed by atoms with E-state index in [2.05, 4.69) is 10.3 Å². The SMILES string of the molecule is Cc1ncsc1-c1ccc(C(C)CC(=O)C2CC(OC(=O)CC(C)(C)N)CN2C(=O)C(NC(=O)C(C)(C)C)C(C)(C)C)cc1. The number of likely N-dealkylation sites (tertiary alicyclic amines) is 1. The Hall–Kier alpha value is -3.11. The summed E-state index contributed by atoms with van der Waals surface area (Å²) in [5.41, 5.74) is 8.84. The molecule has 0 spiro atoms. The number of hydrogen-bond acceptors (Lipinski definition) is 8. The summed E-state index contributed by atoms with van der Waals surface area (Å²) >= 11 is 1.59. The Morgan fingerprint density at radius 1 is 1.07 bits per heavy atom. The van der Waals surface area contributed by atoms with Crippen molar-refractivity contribution in [1.29, 1.82) is 0 Å². The predicted octanol–water partition coefficient (Wildman–Crippen LogP) is 5.40. The lowest BCUT2D eigenvalue weighted by Gasteiger charge is -2.36. The number of nitrogens with zero attached hydrogens (tertiary/aromatic N) is 2. The van der Waals surface area contributed by atoms with Crippen molar-refractivity contribution in [3.05, 3.63) is 41.0 Å². The molecule has 4 unspecified atom stereocenters. The van der Waals surface area contributed by atoms with Gasteiger partial charge in [-0.1, -0.05) is 72.7 Å². The molecule has 4 atom stereocenters. The van der Waals surface area contributed by atoms with Gasteiger partial charge in [-0.05, 0) is 43.2 Å². The van der Waals surface area contributed by atoms with Crippen molar-refractivity contribution in [3.8, 4) is 10.4 Å². The zero-order valence-corrected chi connectivity index (χ0v) is 28.8. The molecule has 1 aliphatic rings. The van der Waals surface area contributed by atoms with Gasteiger partial charge in [-0.15, -0.1) is 11.3 Å². The van der Waals surface area contributed by atoms with Gasteiger partial charge >= 0.3 is 5.97 Å². The van der Waals surface area contributed by atoms with Crippen LogP contribution in [0.15, 0.2) is 29.8 Å². The highest BCUT2D eigenvalue weighted by Gasteiger charge is 2.46. The van der Waals surface area contributed by atoms with Gasteiger partial charge in [0, 0.05) is 23.8 Å². The van der Waals surface area contributed by atoms with Gasteiger partial charge in [-0.3, -0.25) is 19.2 Å². The van der Waals surface area contributed by atoms with Crippen LogP contribution >= 0.6 is 11.3 Å². The molecule has 0 saturated carbocycles. The van der Waals surface area contributed by atoms with Crippen molar-refractivity contribution in [2.75, 3.05) is 6.54 Å². The molecule has 0 aliphatic carbocycles. The van der Waals surface area contributed by atoms with Crippen molar-refractivity contribution in [2.45, 2.75) is 118 Å². The number of aryl methyl sites for hydroxylation is 1. The molecule has 1 saturated heterocycles. The largest absolute Gasteiger partial charge is 0.460 e. The fourth-order valence-corrected chi connectivity index (χ4v) is 6.10. The Morgan fingerprint density at radius 3 is 2.18 bits per heavy atom. The summed E-state index contributed by atoms with van der Waals surface area (Å²) in [6.45, 7) is 18.5. The smallest absolute Gasteiger partial charge is 0.307 e. The van der Waals surface area contributed by atoms with Crippen molar-refractivity contribution < 1.29 is 23.9 Å². The quantitative estimate of drug-likeness (QED) is 0.338. The monoisotopic (exact) mass is 626 g/mol. The number of Topliss-reactive ketones (excluding diaryl/α,β-unsaturated/α-hetero) is 1. The number of benzene rings is 1. The van der Waals surface area contributed by atoms with Crippen LogP contribution in [-0.2, 0) is 23.9 Å². The van der Waals surface area contributed by atoms with Gasteiger partial charge < -0.3 is 20.7 Å². The van der Waals surface area contributed by atoms with Crippen LogP contribution in [0.1, 0.15) is 98.8 Å². The zero-order chi connectivity index (χ0) is 33.2. The van der Waals surface area contributed by atoms with Crippen LogP contribution in [0.2, 0.25) is 0 Å². The lowest BCUT2D eigenvalue weighted by Crippen LogP contribution is -2.58. The second-order valence-electron chi connectivity index (χ2n) is 15.0. The molecule has 44 heavy (non-hydrogen) atoms. The predicted molar refractivity (Wildman–Crippen MR) is 174 cm³/mol. The summed E-state index contributed by atoms with van der Waals surface area (Å²) in [6, 6.07) is 6.48. The fourth-order valence-electron chi connectivity index (χ4n) is 5.29. The molecule has 2 aromatic rings. The van der Waals surface area contributed by atoms with Crippen LogP contribution in [-0.4, -0.2) is 63.7 Å². The molecule has 2 amide bonds. The van der Waals surface area contributed by atoms with Crippen LogP contribution in [0.4, 0.5) is 0 Å². The van der Waals surface area contributed by atoms with Crippen molar-refractivity contribution in [2.24, 2.45) is 16.6 Å². The average Bonchev–Trinajstić information content (AvgIpc) is 3.50. The Balaban J connectivity index is 1.84. The summed E-state index contributed by atoms with van der Waals surface area (Å²) < 4.78 is 5.74. The van der Waals surface area contributed by atoms with Gasteiger partial charge in [0.1, 0.15) is 12.1 Å². The maximum Gasteiger partial charge on any atom is 0.307 e. The molecule has 1 aromatic carbocycles. The first-order chi connectivity index (χ1) is 20.2. The number of carbonyl (C=O) groups excluding carboxylic acids is 4. The summed E-state index contributed by atoms with van der Waals surface area (Å²) in [5.74, 6) is -1.30. The van der Waals surface area contributed by atoms with Gasteiger partial charge in [0.2, 0.25) is 11.8 Å². The number of nitrogens with one attached hydrogen (secondary N) is 1. The van der Waals surface area contributed by atoms with Gasteiger partial charge in [0.05, 0.1) is 35.1 Å². The van der Waals surface area contributed by atoms with Crippen molar-refractivity contribution in [1.82, 2.24) is 15.2 Å². The van der Waals surface area contributed by atoms with E-state index in [4.69, 9.17) is 10.5 Å². The van der Waals surface area contributed by atoms with Crippen LogP contribution < -0.4 is 11.1 Å². The van der Waals surface area contributed by atoms with E-state index in [1.54, 1.807) is 46.0 Å². The normalized spacial score (nSPS) is 18.9. The topological polar surface area (TPSA) is 132 Å². The van der Waals surface area contributed by atoms with Crippen LogP contribution in [0.25, 0.3) is 10.4 Å². The summed E-state index contributed by atoms with van der Waals surface area (Å²) in [6.07, 6.45) is -0.241. The van der Waals surface area contributed by atoms with E-state index in [0.29, 0.717) is 0 Å². The van der Waals surface area contributed by atoms with Crippen LogP contribution in [0.5, 0.6) is 0 Å². The molecule has 2 heterocycles. The lowest BCUT2D eigenvalue weighted by atomic mass is 9.84. The molecule has 1 aromatic heterocycles. The van der Waals surface area contributed by atoms with Gasteiger partial charge in [-0.25, -0.2) is 4.98 Å². The maximum atomic E-state index is 14.2. The number of esters is 1. The molecule has 9 nitrogen and oxygen atoms in total. The number of ketones is 1. The summed E-state index contributed by atoms with van der Waals surface area (Å²) in [5, 5.41) is 2.94. The molecular weight excluding hydrogens is 576 g/mol. The Labute approximate surface area is 266 Å². The average molecular weight is 627 g/mol. The van der Waals surface area contributed by atoms with E-state index in [0.717, 1.165) is 21.7 Å². The standard InChI is InChI=1S/C34H50N4O5S/c1-20(22-11-13-23(14-12-22)28-21(2)36-19-44-28)15-26(39)25-16-24(43-27(40)17-34(9,10)35)18-38(25)30(41)29(32(3,4)5)37-31(42)33(6,7)8/h11-14,19-20,24-25,29H,15-18,35H2,1-10H3,(H,37,42). The van der Waals surface area contributed by atoms with E-state index in [9.17, 15) is 19.2 Å². The number of nitrogens with two attached hydrogens (primary N) is 1. The molecule has 242 valence electrons. The number of rotatable bonds is 10. The Bertz CT molecular complexity index is 1350. The highest BCUT2D eigenvalue weighted by atomic mass is 32.1. The molecule has 3 rings (SSSR count). The Morgan fingerprint density at radius 2 is 1.68 bits per heavy atom. The summed E-state index contributed by atoms with van der Waals surface area (Å²) in [7, 11) is 0. The van der Waals surface area contributed by atoms with E-state index in [1.165, 1.54) is 4.90 Å². The second kappa shape index (κ2) is 13.5. The van der Waals surface area contributed by atoms with Crippen LogP contribution in [0, 0.1) is 17.8 Å². The first-order valence-corrected chi connectivity index (χ1v) is 16.2. The lowest BCUT2D eigenvalue weighted by molar-refractivity contribution is -0.150. The van der Waals surface area contributed by atoms with Gasteiger partial charge in [0.15, 0.2) is 5.78 Å². The zero-order valence-electron chi connectivity index (χ0n) is 27.9. The Kier molecular flexibility index (Phi) is 10.8. The fraction of sp³-hybridized carbons (Fsp3) is 0.618. The van der Waals surface area contributed by atoms with E-state index in [1.807, 2.05) is 64.4 Å². The summed E-state index contributed by atoms with van der Waals surface area (Å²) in [4.78, 5) is 60.7. The van der Waals surface area contributed by atoms with E-state index >= 15 is 0 Å². The number of aromatic nitrogens is 1. The number of carbonyl (C=O) groups is 4. The van der Waals surface area contributed by atoms with Gasteiger partial charge in [0.25, 0.3) is 0 Å². The first kappa shape index (κ1) is 35.4. The molecule has 0 radical (unpaired) electrons. The molecule has 0 bridgehead atoms. The highest BCUT2D eigenvalue weighted by molar-refractivity contribution is 7.13. The third-order valence-electron chi connectivity index (χ3n) is 7.88. The van der Waals surface area contributed by atoms with E-state index < -0.39 is 40.5 Å². The van der Waals surface area contributed by atoms with Gasteiger partial charge in [-0.2, -0.15) is 0 Å². The molecule has 1 fully saturated rings. The van der Waals surface area contributed by atoms with Crippen molar-refractivity contribution >= 4 is 34.9 Å². The number of thiazole rings is 1. The third-order valence-corrected chi connectivity index (χ3v) is 8.86. The molecule has 3 N–H and O–H groups in total. The highest BCUT2D eigenvalue weighted by Crippen LogP contribution is 2.32. The van der Waals surface area contributed by atoms with Crippen molar-refractivity contribution in [3.63, 3.8) is 0 Å². The van der Waals surface area contributed by atoms with Crippen LogP contribution in [0.3, 0.4) is 0 Å². The minimum atomic E-state index is -0.873. The second-order valence-corrected chi connectivity index (χ2v) is 15.9. The molecular formula is C34H50N4O5S. The van der Waals surface area contributed by atoms with E-state index in [-0.39, 0.29) is 49.3 Å². The first-order valence-electron chi connectivity index (χ1n) is 15.3. The molecule has 1 aliphatic heterocycles.